The Morgan fingerprint density at radius 2 is 2.07 bits per heavy atom. The summed E-state index contributed by atoms with van der Waals surface area (Å²) in [5.41, 5.74) is -0.830. The van der Waals surface area contributed by atoms with Crippen molar-refractivity contribution in [3.05, 3.63) is 0 Å². The van der Waals surface area contributed by atoms with Crippen molar-refractivity contribution < 1.29 is 19.1 Å². The van der Waals surface area contributed by atoms with Gasteiger partial charge in [-0.3, -0.25) is 0 Å². The van der Waals surface area contributed by atoms with E-state index in [0.717, 1.165) is 6.42 Å². The van der Waals surface area contributed by atoms with E-state index in [-0.39, 0.29) is 5.97 Å². The molecule has 14 heavy (non-hydrogen) atoms. The fourth-order valence-electron chi connectivity index (χ4n) is 1.43. The first-order valence-electron chi connectivity index (χ1n) is 4.68. The molecule has 0 spiro atoms. The molecule has 0 heterocycles. The predicted molar refractivity (Wildman–Crippen MR) is 48.8 cm³/mol. The average Bonchev–Trinajstić information content (AvgIpc) is 2.11. The zero-order valence-electron chi connectivity index (χ0n) is 8.46. The van der Waals surface area contributed by atoms with Crippen LogP contribution in [0, 0.1) is 0 Å². The number of nitrogens with one attached hydrogen (secondary N) is 1. The first-order valence-corrected chi connectivity index (χ1v) is 4.68. The molecule has 5 nitrogen and oxygen atoms in total. The van der Waals surface area contributed by atoms with Crippen LogP contribution in [0.3, 0.4) is 0 Å². The first kappa shape index (κ1) is 10.8. The van der Waals surface area contributed by atoms with Crippen molar-refractivity contribution in [1.82, 2.24) is 5.32 Å². The van der Waals surface area contributed by atoms with E-state index in [1.807, 2.05) is 0 Å². The van der Waals surface area contributed by atoms with E-state index in [9.17, 15) is 9.59 Å². The Labute approximate surface area is 82.8 Å². The van der Waals surface area contributed by atoms with Gasteiger partial charge in [-0.25, -0.2) is 9.59 Å². The number of hydrogen-bond acceptors (Lipinski definition) is 4. The minimum absolute atomic E-state index is 0.323. The number of carbonyl (C=O) groups is 2. The number of alkyl carbamates (subject to hydrolysis) is 1. The summed E-state index contributed by atoms with van der Waals surface area (Å²) < 4.78 is 9.34. The van der Waals surface area contributed by atoms with Crippen molar-refractivity contribution >= 4 is 12.1 Å². The highest BCUT2D eigenvalue weighted by Gasteiger charge is 2.47. The monoisotopic (exact) mass is 201 g/mol. The summed E-state index contributed by atoms with van der Waals surface area (Å²) in [4.78, 5) is 22.5. The van der Waals surface area contributed by atoms with Crippen molar-refractivity contribution in [2.24, 2.45) is 0 Å². The van der Waals surface area contributed by atoms with Gasteiger partial charge in [0.05, 0.1) is 13.7 Å². The van der Waals surface area contributed by atoms with E-state index >= 15 is 0 Å². The molecule has 80 valence electrons. The molecule has 1 aliphatic carbocycles. The van der Waals surface area contributed by atoms with Gasteiger partial charge < -0.3 is 14.8 Å². The van der Waals surface area contributed by atoms with Crippen LogP contribution in [0.4, 0.5) is 4.79 Å². The summed E-state index contributed by atoms with van der Waals surface area (Å²) >= 11 is 0. The molecule has 0 atom stereocenters. The van der Waals surface area contributed by atoms with E-state index < -0.39 is 11.6 Å². The van der Waals surface area contributed by atoms with Crippen LogP contribution in [-0.4, -0.2) is 31.3 Å². The van der Waals surface area contributed by atoms with Gasteiger partial charge in [0, 0.05) is 0 Å². The van der Waals surface area contributed by atoms with Crippen molar-refractivity contribution in [1.29, 1.82) is 0 Å². The largest absolute Gasteiger partial charge is 0.464 e. The fraction of sp³-hybridized carbons (Fsp3) is 0.778. The zero-order valence-corrected chi connectivity index (χ0v) is 8.46. The Hall–Kier alpha value is -1.26. The van der Waals surface area contributed by atoms with Crippen molar-refractivity contribution in [2.75, 3.05) is 13.7 Å². The minimum atomic E-state index is -0.830. The lowest BCUT2D eigenvalue weighted by atomic mass is 9.77. The molecule has 1 saturated carbocycles. The lowest BCUT2D eigenvalue weighted by Gasteiger charge is -2.38. The van der Waals surface area contributed by atoms with E-state index in [2.05, 4.69) is 10.1 Å². The third-order valence-corrected chi connectivity index (χ3v) is 2.40. The summed E-state index contributed by atoms with van der Waals surface area (Å²) in [7, 11) is 1.27. The van der Waals surface area contributed by atoms with Crippen molar-refractivity contribution in [3.63, 3.8) is 0 Å². The van der Waals surface area contributed by atoms with Crippen LogP contribution in [-0.2, 0) is 14.3 Å². The Kier molecular flexibility index (Phi) is 3.33. The fourth-order valence-corrected chi connectivity index (χ4v) is 1.43. The summed E-state index contributed by atoms with van der Waals surface area (Å²) in [6.45, 7) is 2.06. The van der Waals surface area contributed by atoms with Gasteiger partial charge in [-0.2, -0.15) is 0 Å². The van der Waals surface area contributed by atoms with Gasteiger partial charge in [-0.1, -0.05) is 0 Å². The smallest absolute Gasteiger partial charge is 0.407 e. The molecule has 1 N–H and O–H groups in total. The average molecular weight is 201 g/mol. The zero-order chi connectivity index (χ0) is 10.6. The van der Waals surface area contributed by atoms with Crippen LogP contribution in [0.5, 0.6) is 0 Å². The molecule has 5 heteroatoms. The molecule has 1 rings (SSSR count). The normalized spacial score (nSPS) is 17.9. The number of methoxy groups -OCH3 is 1. The highest BCUT2D eigenvalue weighted by molar-refractivity contribution is 5.86. The number of amides is 1. The summed E-state index contributed by atoms with van der Waals surface area (Å²) in [6.07, 6.45) is 1.59. The number of ether oxygens (including phenoxy) is 2. The van der Waals surface area contributed by atoms with Crippen LogP contribution in [0.25, 0.3) is 0 Å². The maximum absolute atomic E-state index is 11.5. The second-order valence-corrected chi connectivity index (χ2v) is 3.27. The van der Waals surface area contributed by atoms with Crippen LogP contribution in [0.2, 0.25) is 0 Å². The molecular formula is C9H15NO4. The van der Waals surface area contributed by atoms with E-state index in [4.69, 9.17) is 4.74 Å². The summed E-state index contributed by atoms with van der Waals surface area (Å²) in [5, 5.41) is 2.53. The van der Waals surface area contributed by atoms with Gasteiger partial charge in [0.1, 0.15) is 5.54 Å². The minimum Gasteiger partial charge on any atom is -0.464 e. The van der Waals surface area contributed by atoms with Gasteiger partial charge in [0.25, 0.3) is 0 Å². The highest BCUT2D eigenvalue weighted by Crippen LogP contribution is 2.33. The Bertz CT molecular complexity index is 235. The third-order valence-electron chi connectivity index (χ3n) is 2.40. The predicted octanol–water partition coefficient (Wildman–Crippen LogP) is 0.828. The maximum atomic E-state index is 11.5. The number of esters is 1. The molecule has 0 aromatic heterocycles. The second-order valence-electron chi connectivity index (χ2n) is 3.27. The van der Waals surface area contributed by atoms with Crippen LogP contribution in [0.1, 0.15) is 26.2 Å². The van der Waals surface area contributed by atoms with E-state index in [1.165, 1.54) is 7.11 Å². The number of carbonyl (C=O) groups excluding carboxylic acids is 2. The summed E-state index contributed by atoms with van der Waals surface area (Å²) in [6, 6.07) is 0. The third kappa shape index (κ3) is 1.97. The van der Waals surface area contributed by atoms with Crippen LogP contribution >= 0.6 is 0 Å². The molecule has 0 aliphatic heterocycles. The SMILES string of the molecule is CCOC(=O)C1(NC(=O)OC)CCC1. The van der Waals surface area contributed by atoms with Crippen LogP contribution < -0.4 is 5.32 Å². The van der Waals surface area contributed by atoms with Crippen molar-refractivity contribution in [3.8, 4) is 0 Å². The molecule has 0 radical (unpaired) electrons. The first-order chi connectivity index (χ1) is 6.64. The molecule has 0 saturated heterocycles. The van der Waals surface area contributed by atoms with Gasteiger partial charge in [0.2, 0.25) is 0 Å². The van der Waals surface area contributed by atoms with Gasteiger partial charge >= 0.3 is 12.1 Å². The van der Waals surface area contributed by atoms with Gasteiger partial charge in [-0.15, -0.1) is 0 Å². The lowest BCUT2D eigenvalue weighted by molar-refractivity contribution is -0.154. The Morgan fingerprint density at radius 1 is 1.43 bits per heavy atom. The number of rotatable bonds is 3. The summed E-state index contributed by atoms with van der Waals surface area (Å²) in [5.74, 6) is -0.364. The van der Waals surface area contributed by atoms with E-state index in [1.54, 1.807) is 6.92 Å². The molecule has 0 bridgehead atoms. The van der Waals surface area contributed by atoms with Crippen LogP contribution in [0.15, 0.2) is 0 Å². The molecule has 1 amide bonds. The molecule has 0 unspecified atom stereocenters. The second kappa shape index (κ2) is 4.30. The standard InChI is InChI=1S/C9H15NO4/c1-3-14-7(11)9(5-4-6-9)10-8(12)13-2/h3-6H2,1-2H3,(H,10,12). The maximum Gasteiger partial charge on any atom is 0.407 e. The van der Waals surface area contributed by atoms with Gasteiger partial charge in [0.15, 0.2) is 0 Å². The Balaban J connectivity index is 2.57. The lowest BCUT2D eigenvalue weighted by Crippen LogP contribution is -2.59. The number of hydrogen-bond donors (Lipinski definition) is 1. The highest BCUT2D eigenvalue weighted by atomic mass is 16.5. The van der Waals surface area contributed by atoms with Gasteiger partial charge in [-0.05, 0) is 26.2 Å². The molecule has 1 fully saturated rings. The molecular weight excluding hydrogens is 186 g/mol. The topological polar surface area (TPSA) is 64.6 Å². The Morgan fingerprint density at radius 3 is 2.43 bits per heavy atom. The van der Waals surface area contributed by atoms with Crippen molar-refractivity contribution in [2.45, 2.75) is 31.7 Å². The molecule has 1 aliphatic rings. The van der Waals surface area contributed by atoms with E-state index in [0.29, 0.717) is 19.4 Å². The molecule has 0 aromatic rings. The quantitative estimate of drug-likeness (QED) is 0.687. The molecule has 0 aromatic carbocycles.